The quantitative estimate of drug-likeness (QED) is 0.759. The van der Waals surface area contributed by atoms with Gasteiger partial charge < -0.3 is 9.80 Å². The normalized spacial score (nSPS) is 36.5. The lowest BCUT2D eigenvalue weighted by Gasteiger charge is -2.44. The van der Waals surface area contributed by atoms with Crippen molar-refractivity contribution >= 4 is 0 Å². The zero-order chi connectivity index (χ0) is 12.4. The topological polar surface area (TPSA) is 6.48 Å². The van der Waals surface area contributed by atoms with Gasteiger partial charge in [0.05, 0.1) is 0 Å². The van der Waals surface area contributed by atoms with Crippen molar-refractivity contribution in [2.45, 2.75) is 70.4 Å². The SMILES string of the molecule is CC1CCCCN1CC1CCCN(C2CCC2)C1. The second kappa shape index (κ2) is 5.92. The van der Waals surface area contributed by atoms with E-state index < -0.39 is 0 Å². The Bertz CT molecular complexity index is 262. The molecule has 0 aromatic rings. The smallest absolute Gasteiger partial charge is 0.00954 e. The third kappa shape index (κ3) is 2.91. The molecule has 104 valence electrons. The molecule has 0 bridgehead atoms. The van der Waals surface area contributed by atoms with Crippen LogP contribution in [0.15, 0.2) is 0 Å². The number of nitrogens with zero attached hydrogens (tertiary/aromatic N) is 2. The van der Waals surface area contributed by atoms with Gasteiger partial charge >= 0.3 is 0 Å². The predicted molar refractivity (Wildman–Crippen MR) is 76.8 cm³/mol. The summed E-state index contributed by atoms with van der Waals surface area (Å²) in [6.45, 7) is 7.96. The molecule has 0 amide bonds. The summed E-state index contributed by atoms with van der Waals surface area (Å²) in [5.41, 5.74) is 0. The second-order valence-electron chi connectivity index (χ2n) is 6.93. The molecule has 2 heteroatoms. The van der Waals surface area contributed by atoms with Crippen LogP contribution < -0.4 is 0 Å². The molecular formula is C16H30N2. The van der Waals surface area contributed by atoms with Gasteiger partial charge in [-0.3, -0.25) is 0 Å². The predicted octanol–water partition coefficient (Wildman–Crippen LogP) is 3.13. The van der Waals surface area contributed by atoms with Crippen molar-refractivity contribution in [3.8, 4) is 0 Å². The lowest BCUT2D eigenvalue weighted by atomic mass is 9.87. The van der Waals surface area contributed by atoms with E-state index >= 15 is 0 Å². The Balaban J connectivity index is 1.49. The highest BCUT2D eigenvalue weighted by Crippen LogP contribution is 2.30. The average Bonchev–Trinajstić information content (AvgIpc) is 2.31. The first-order valence-electron chi connectivity index (χ1n) is 8.31. The van der Waals surface area contributed by atoms with E-state index in [9.17, 15) is 0 Å². The molecule has 3 rings (SSSR count). The molecule has 2 aliphatic heterocycles. The van der Waals surface area contributed by atoms with Gasteiger partial charge in [0.25, 0.3) is 0 Å². The highest BCUT2D eigenvalue weighted by molar-refractivity contribution is 4.86. The van der Waals surface area contributed by atoms with E-state index in [1.54, 1.807) is 0 Å². The summed E-state index contributed by atoms with van der Waals surface area (Å²) >= 11 is 0. The number of likely N-dealkylation sites (tertiary alicyclic amines) is 2. The zero-order valence-electron chi connectivity index (χ0n) is 12.1. The highest BCUT2D eigenvalue weighted by Gasteiger charge is 2.31. The summed E-state index contributed by atoms with van der Waals surface area (Å²) in [5, 5.41) is 0. The van der Waals surface area contributed by atoms with Crippen molar-refractivity contribution in [1.29, 1.82) is 0 Å². The zero-order valence-corrected chi connectivity index (χ0v) is 12.1. The third-order valence-corrected chi connectivity index (χ3v) is 5.57. The summed E-state index contributed by atoms with van der Waals surface area (Å²) < 4.78 is 0. The summed E-state index contributed by atoms with van der Waals surface area (Å²) in [6, 6.07) is 1.81. The Hall–Kier alpha value is -0.0800. The van der Waals surface area contributed by atoms with Crippen LogP contribution >= 0.6 is 0 Å². The van der Waals surface area contributed by atoms with Crippen LogP contribution in [0.25, 0.3) is 0 Å². The fraction of sp³-hybridized carbons (Fsp3) is 1.00. The molecule has 0 aromatic carbocycles. The molecule has 3 aliphatic rings. The standard InChI is InChI=1S/C16H30N2/c1-14-6-2-3-10-17(14)12-15-7-5-11-18(13-15)16-8-4-9-16/h14-16H,2-13H2,1H3. The van der Waals surface area contributed by atoms with Crippen LogP contribution in [0.3, 0.4) is 0 Å². The van der Waals surface area contributed by atoms with Crippen molar-refractivity contribution in [2.75, 3.05) is 26.2 Å². The van der Waals surface area contributed by atoms with Gasteiger partial charge in [-0.2, -0.15) is 0 Å². The second-order valence-corrected chi connectivity index (χ2v) is 6.93. The number of piperidine rings is 2. The molecule has 2 nitrogen and oxygen atoms in total. The van der Waals surface area contributed by atoms with Crippen LogP contribution in [0, 0.1) is 5.92 Å². The van der Waals surface area contributed by atoms with Gasteiger partial charge in [-0.25, -0.2) is 0 Å². The summed E-state index contributed by atoms with van der Waals surface area (Å²) in [4.78, 5) is 5.59. The van der Waals surface area contributed by atoms with Crippen LogP contribution in [0.2, 0.25) is 0 Å². The molecule has 0 N–H and O–H groups in total. The lowest BCUT2D eigenvalue weighted by Crippen LogP contribution is -2.49. The first-order valence-corrected chi connectivity index (χ1v) is 8.31. The molecule has 0 radical (unpaired) electrons. The molecule has 2 saturated heterocycles. The molecule has 2 heterocycles. The Morgan fingerprint density at radius 2 is 1.78 bits per heavy atom. The van der Waals surface area contributed by atoms with Crippen LogP contribution in [0.1, 0.15) is 58.3 Å². The van der Waals surface area contributed by atoms with Crippen LogP contribution in [0.4, 0.5) is 0 Å². The lowest BCUT2D eigenvalue weighted by molar-refractivity contribution is 0.0500. The van der Waals surface area contributed by atoms with Crippen molar-refractivity contribution in [3.63, 3.8) is 0 Å². The van der Waals surface area contributed by atoms with E-state index in [4.69, 9.17) is 0 Å². The fourth-order valence-electron chi connectivity index (χ4n) is 4.09. The number of hydrogen-bond acceptors (Lipinski definition) is 2. The van der Waals surface area contributed by atoms with E-state index in [1.165, 1.54) is 77.5 Å². The van der Waals surface area contributed by atoms with Crippen molar-refractivity contribution in [1.82, 2.24) is 9.80 Å². The molecule has 18 heavy (non-hydrogen) atoms. The van der Waals surface area contributed by atoms with E-state index in [0.29, 0.717) is 0 Å². The monoisotopic (exact) mass is 250 g/mol. The average molecular weight is 250 g/mol. The minimum Gasteiger partial charge on any atom is -0.300 e. The Labute approximate surface area is 113 Å². The molecule has 1 saturated carbocycles. The third-order valence-electron chi connectivity index (χ3n) is 5.57. The van der Waals surface area contributed by atoms with E-state index in [1.807, 2.05) is 0 Å². The van der Waals surface area contributed by atoms with Gasteiger partial charge in [-0.05, 0) is 64.5 Å². The summed E-state index contributed by atoms with van der Waals surface area (Å²) in [5.74, 6) is 0.958. The number of hydrogen-bond donors (Lipinski definition) is 0. The first kappa shape index (κ1) is 12.9. The van der Waals surface area contributed by atoms with Crippen molar-refractivity contribution in [2.24, 2.45) is 5.92 Å². The molecule has 0 aromatic heterocycles. The van der Waals surface area contributed by atoms with Crippen molar-refractivity contribution < 1.29 is 0 Å². The Kier molecular flexibility index (Phi) is 4.25. The van der Waals surface area contributed by atoms with Gasteiger partial charge in [-0.1, -0.05) is 12.8 Å². The molecule has 3 fully saturated rings. The van der Waals surface area contributed by atoms with Gasteiger partial charge in [-0.15, -0.1) is 0 Å². The Morgan fingerprint density at radius 1 is 0.889 bits per heavy atom. The molecular weight excluding hydrogens is 220 g/mol. The van der Waals surface area contributed by atoms with Gasteiger partial charge in [0.1, 0.15) is 0 Å². The molecule has 1 aliphatic carbocycles. The van der Waals surface area contributed by atoms with Crippen LogP contribution in [-0.4, -0.2) is 48.1 Å². The first-order chi connectivity index (χ1) is 8.83. The van der Waals surface area contributed by atoms with Gasteiger partial charge in [0.2, 0.25) is 0 Å². The summed E-state index contributed by atoms with van der Waals surface area (Å²) in [7, 11) is 0. The minimum absolute atomic E-state index is 0.845. The van der Waals surface area contributed by atoms with E-state index in [-0.39, 0.29) is 0 Å². The Morgan fingerprint density at radius 3 is 2.50 bits per heavy atom. The molecule has 2 atom stereocenters. The minimum atomic E-state index is 0.845. The van der Waals surface area contributed by atoms with Gasteiger partial charge in [0, 0.05) is 25.2 Å². The summed E-state index contributed by atoms with van der Waals surface area (Å²) in [6.07, 6.45) is 11.7. The van der Waals surface area contributed by atoms with E-state index in [2.05, 4.69) is 16.7 Å². The highest BCUT2D eigenvalue weighted by atomic mass is 15.2. The van der Waals surface area contributed by atoms with Gasteiger partial charge in [0.15, 0.2) is 0 Å². The maximum absolute atomic E-state index is 2.81. The van der Waals surface area contributed by atoms with Crippen molar-refractivity contribution in [3.05, 3.63) is 0 Å². The molecule has 2 unspecified atom stereocenters. The van der Waals surface area contributed by atoms with Crippen LogP contribution in [0.5, 0.6) is 0 Å². The maximum Gasteiger partial charge on any atom is 0.00954 e. The van der Waals surface area contributed by atoms with E-state index in [0.717, 1.165) is 18.0 Å². The fourth-order valence-corrected chi connectivity index (χ4v) is 4.09. The number of rotatable bonds is 3. The molecule has 0 spiro atoms. The maximum atomic E-state index is 2.81. The largest absolute Gasteiger partial charge is 0.300 e. The van der Waals surface area contributed by atoms with Crippen LogP contribution in [-0.2, 0) is 0 Å².